The number of ether oxygens (including phenoxy) is 1. The highest BCUT2D eigenvalue weighted by Gasteiger charge is 2.12. The van der Waals surface area contributed by atoms with Gasteiger partial charge in [0, 0.05) is 23.6 Å². The zero-order valence-corrected chi connectivity index (χ0v) is 14.4. The highest BCUT2D eigenvalue weighted by molar-refractivity contribution is 5.89. The van der Waals surface area contributed by atoms with E-state index in [-0.39, 0.29) is 18.9 Å². The average Bonchev–Trinajstić information content (AvgIpc) is 3.01. The van der Waals surface area contributed by atoms with Crippen molar-refractivity contribution in [3.63, 3.8) is 0 Å². The maximum Gasteiger partial charge on any atom is 0.224 e. The fourth-order valence-electron chi connectivity index (χ4n) is 2.86. The van der Waals surface area contributed by atoms with E-state index >= 15 is 0 Å². The number of aliphatic hydroxyl groups is 1. The van der Waals surface area contributed by atoms with Crippen LogP contribution < -0.4 is 10.1 Å². The highest BCUT2D eigenvalue weighted by Crippen LogP contribution is 2.21. The van der Waals surface area contributed by atoms with Gasteiger partial charge in [-0.15, -0.1) is 0 Å². The molecule has 1 atom stereocenters. The molecule has 130 valence electrons. The molecule has 0 saturated heterocycles. The molecule has 0 radical (unpaired) electrons. The topological polar surface area (TPSA) is 74.3 Å². The smallest absolute Gasteiger partial charge is 0.224 e. The van der Waals surface area contributed by atoms with E-state index in [1.807, 2.05) is 37.4 Å². The van der Waals surface area contributed by atoms with Gasteiger partial charge in [0.25, 0.3) is 0 Å². The number of aromatic nitrogens is 1. The number of amides is 1. The third-order valence-electron chi connectivity index (χ3n) is 4.25. The largest absolute Gasteiger partial charge is 0.497 e. The van der Waals surface area contributed by atoms with Gasteiger partial charge < -0.3 is 20.1 Å². The van der Waals surface area contributed by atoms with Crippen LogP contribution >= 0.6 is 0 Å². The van der Waals surface area contributed by atoms with Crippen molar-refractivity contribution in [2.24, 2.45) is 0 Å². The Morgan fingerprint density at radius 1 is 1.28 bits per heavy atom. The molecule has 0 saturated carbocycles. The van der Waals surface area contributed by atoms with Crippen molar-refractivity contribution in [1.82, 2.24) is 10.3 Å². The fourth-order valence-corrected chi connectivity index (χ4v) is 2.86. The third-order valence-corrected chi connectivity index (χ3v) is 4.25. The zero-order chi connectivity index (χ0) is 17.8. The molecule has 25 heavy (non-hydrogen) atoms. The van der Waals surface area contributed by atoms with Crippen molar-refractivity contribution in [1.29, 1.82) is 0 Å². The minimum absolute atomic E-state index is 0.122. The van der Waals surface area contributed by atoms with E-state index in [0.29, 0.717) is 11.3 Å². The number of rotatable bonds is 6. The molecule has 5 nitrogen and oxygen atoms in total. The van der Waals surface area contributed by atoms with Gasteiger partial charge in [0.05, 0.1) is 19.6 Å². The molecular formula is C20H22N2O3. The number of hydrogen-bond donors (Lipinski definition) is 3. The van der Waals surface area contributed by atoms with Crippen molar-refractivity contribution in [3.8, 4) is 5.75 Å². The van der Waals surface area contributed by atoms with Crippen molar-refractivity contribution in [2.45, 2.75) is 19.4 Å². The van der Waals surface area contributed by atoms with Crippen LogP contribution in [0.4, 0.5) is 0 Å². The second kappa shape index (κ2) is 7.40. The van der Waals surface area contributed by atoms with Crippen LogP contribution in [0.15, 0.2) is 48.7 Å². The number of benzene rings is 2. The highest BCUT2D eigenvalue weighted by atomic mass is 16.5. The third kappa shape index (κ3) is 4.00. The summed E-state index contributed by atoms with van der Waals surface area (Å²) in [5.41, 5.74) is 3.86. The zero-order valence-electron chi connectivity index (χ0n) is 14.4. The van der Waals surface area contributed by atoms with E-state index < -0.39 is 6.10 Å². The van der Waals surface area contributed by atoms with E-state index in [1.165, 1.54) is 5.56 Å². The first kappa shape index (κ1) is 17.0. The maximum absolute atomic E-state index is 12.2. The summed E-state index contributed by atoms with van der Waals surface area (Å²) in [6, 6.07) is 13.3. The van der Waals surface area contributed by atoms with E-state index in [0.717, 1.165) is 16.5 Å². The second-order valence-corrected chi connectivity index (χ2v) is 6.14. The van der Waals surface area contributed by atoms with Gasteiger partial charge in [-0.3, -0.25) is 4.79 Å². The van der Waals surface area contributed by atoms with Crippen LogP contribution in [0.25, 0.3) is 10.9 Å². The minimum atomic E-state index is -0.773. The number of methoxy groups -OCH3 is 1. The molecule has 3 rings (SSSR count). The summed E-state index contributed by atoms with van der Waals surface area (Å²) in [6.07, 6.45) is 1.36. The summed E-state index contributed by atoms with van der Waals surface area (Å²) in [5.74, 6) is 0.556. The number of aryl methyl sites for hydroxylation is 1. The Morgan fingerprint density at radius 2 is 2.12 bits per heavy atom. The Morgan fingerprint density at radius 3 is 2.92 bits per heavy atom. The molecule has 1 aromatic heterocycles. The fraction of sp³-hybridized carbons (Fsp3) is 0.250. The normalized spacial score (nSPS) is 12.1. The molecule has 1 unspecified atom stereocenters. The Hall–Kier alpha value is -2.79. The van der Waals surface area contributed by atoms with Gasteiger partial charge in [-0.05, 0) is 41.8 Å². The van der Waals surface area contributed by atoms with Gasteiger partial charge in [-0.1, -0.05) is 24.3 Å². The van der Waals surface area contributed by atoms with Gasteiger partial charge in [-0.2, -0.15) is 0 Å². The minimum Gasteiger partial charge on any atom is -0.497 e. The predicted octanol–water partition coefficient (Wildman–Crippen LogP) is 2.88. The Balaban J connectivity index is 1.60. The molecule has 3 aromatic rings. The maximum atomic E-state index is 12.2. The molecular weight excluding hydrogens is 316 g/mol. The monoisotopic (exact) mass is 338 g/mol. The molecule has 0 aliphatic carbocycles. The summed E-state index contributed by atoms with van der Waals surface area (Å²) >= 11 is 0. The predicted molar refractivity (Wildman–Crippen MR) is 97.7 cm³/mol. The van der Waals surface area contributed by atoms with Crippen LogP contribution in [0.1, 0.15) is 22.8 Å². The number of aliphatic hydroxyl groups excluding tert-OH is 1. The van der Waals surface area contributed by atoms with E-state index in [4.69, 9.17) is 4.74 Å². The number of H-pyrrole nitrogens is 1. The van der Waals surface area contributed by atoms with E-state index in [9.17, 15) is 9.90 Å². The summed E-state index contributed by atoms with van der Waals surface area (Å²) in [6.45, 7) is 2.19. The summed E-state index contributed by atoms with van der Waals surface area (Å²) in [7, 11) is 1.58. The lowest BCUT2D eigenvalue weighted by atomic mass is 10.1. The molecule has 1 amide bonds. The van der Waals surface area contributed by atoms with Crippen LogP contribution in [-0.2, 0) is 11.2 Å². The van der Waals surface area contributed by atoms with Crippen molar-refractivity contribution in [2.75, 3.05) is 13.7 Å². The van der Waals surface area contributed by atoms with Crippen LogP contribution in [-0.4, -0.2) is 29.7 Å². The van der Waals surface area contributed by atoms with Crippen molar-refractivity contribution < 1.29 is 14.6 Å². The summed E-state index contributed by atoms with van der Waals surface area (Å²) in [5, 5.41) is 14.1. The van der Waals surface area contributed by atoms with Crippen molar-refractivity contribution in [3.05, 3.63) is 65.4 Å². The molecule has 0 fully saturated rings. The number of hydrogen-bond acceptors (Lipinski definition) is 3. The van der Waals surface area contributed by atoms with Gasteiger partial charge >= 0.3 is 0 Å². The second-order valence-electron chi connectivity index (χ2n) is 6.14. The first-order chi connectivity index (χ1) is 12.1. The SMILES string of the molecule is COc1cccc(C(O)CNC(=O)Cc2c[nH]c3cc(C)ccc23)c1. The Bertz CT molecular complexity index is 886. The Kier molecular flexibility index (Phi) is 5.05. The summed E-state index contributed by atoms with van der Waals surface area (Å²) < 4.78 is 5.15. The van der Waals surface area contributed by atoms with E-state index in [2.05, 4.69) is 16.4 Å². The van der Waals surface area contributed by atoms with E-state index in [1.54, 1.807) is 19.2 Å². The standard InChI is InChI=1S/C20H22N2O3/c1-13-6-7-17-15(11-21-18(17)8-13)10-20(24)22-12-19(23)14-4-3-5-16(9-14)25-2/h3-9,11,19,21,23H,10,12H2,1-2H3,(H,22,24). The van der Waals surface area contributed by atoms with Gasteiger partial charge in [0.2, 0.25) is 5.91 Å². The molecule has 0 aliphatic rings. The van der Waals surface area contributed by atoms with Crippen LogP contribution in [0, 0.1) is 6.92 Å². The quantitative estimate of drug-likeness (QED) is 0.647. The van der Waals surface area contributed by atoms with Crippen molar-refractivity contribution >= 4 is 16.8 Å². The lowest BCUT2D eigenvalue weighted by Gasteiger charge is -2.13. The van der Waals surface area contributed by atoms with Gasteiger partial charge in [0.15, 0.2) is 0 Å². The average molecular weight is 338 g/mol. The molecule has 0 aliphatic heterocycles. The van der Waals surface area contributed by atoms with Gasteiger partial charge in [-0.25, -0.2) is 0 Å². The first-order valence-corrected chi connectivity index (χ1v) is 8.22. The lowest BCUT2D eigenvalue weighted by Crippen LogP contribution is -2.29. The number of nitrogens with one attached hydrogen (secondary N) is 2. The molecule has 1 heterocycles. The number of carbonyl (C=O) groups is 1. The molecule has 5 heteroatoms. The first-order valence-electron chi connectivity index (χ1n) is 8.22. The van der Waals surface area contributed by atoms with Crippen LogP contribution in [0.5, 0.6) is 5.75 Å². The molecule has 0 spiro atoms. The number of fused-ring (bicyclic) bond motifs is 1. The molecule has 3 N–H and O–H groups in total. The molecule has 2 aromatic carbocycles. The number of carbonyl (C=O) groups excluding carboxylic acids is 1. The van der Waals surface area contributed by atoms with Gasteiger partial charge in [0.1, 0.15) is 5.75 Å². The van der Waals surface area contributed by atoms with Crippen LogP contribution in [0.2, 0.25) is 0 Å². The lowest BCUT2D eigenvalue weighted by molar-refractivity contribution is -0.120. The number of aromatic amines is 1. The molecule has 0 bridgehead atoms. The Labute approximate surface area is 146 Å². The summed E-state index contributed by atoms with van der Waals surface area (Å²) in [4.78, 5) is 15.4. The van der Waals surface area contributed by atoms with Crippen LogP contribution in [0.3, 0.4) is 0 Å².